The van der Waals surface area contributed by atoms with Crippen LogP contribution in [0.25, 0.3) is 10.9 Å². The van der Waals surface area contributed by atoms with E-state index in [0.717, 1.165) is 39.5 Å². The van der Waals surface area contributed by atoms with E-state index in [1.54, 1.807) is 6.26 Å². The van der Waals surface area contributed by atoms with Gasteiger partial charge in [-0.05, 0) is 42.0 Å². The molecule has 0 aliphatic carbocycles. The maximum atomic E-state index is 5.44. The molecule has 7 heteroatoms. The summed E-state index contributed by atoms with van der Waals surface area (Å²) < 4.78 is 16.2. The first-order chi connectivity index (χ1) is 13.8. The summed E-state index contributed by atoms with van der Waals surface area (Å²) in [7, 11) is 0. The Bertz CT molecular complexity index is 1110. The van der Waals surface area contributed by atoms with Crippen LogP contribution in [-0.4, -0.2) is 16.8 Å². The second kappa shape index (κ2) is 7.11. The highest BCUT2D eigenvalue weighted by Gasteiger charge is 2.13. The molecular formula is C21H18N4O3. The molecule has 140 valence electrons. The Morgan fingerprint density at radius 3 is 2.71 bits per heavy atom. The fourth-order valence-electron chi connectivity index (χ4n) is 3.11. The van der Waals surface area contributed by atoms with E-state index in [9.17, 15) is 0 Å². The minimum atomic E-state index is 0.269. The second-order valence-electron chi connectivity index (χ2n) is 6.39. The maximum absolute atomic E-state index is 5.44. The van der Waals surface area contributed by atoms with Gasteiger partial charge in [0, 0.05) is 11.9 Å². The zero-order valence-electron chi connectivity index (χ0n) is 15.0. The van der Waals surface area contributed by atoms with Crippen molar-refractivity contribution in [1.82, 2.24) is 9.97 Å². The van der Waals surface area contributed by atoms with Gasteiger partial charge >= 0.3 is 0 Å². The van der Waals surface area contributed by atoms with Crippen LogP contribution < -0.4 is 20.1 Å². The smallest absolute Gasteiger partial charge is 0.231 e. The third-order valence-corrected chi connectivity index (χ3v) is 4.50. The summed E-state index contributed by atoms with van der Waals surface area (Å²) in [6, 6.07) is 17.6. The Labute approximate surface area is 161 Å². The third kappa shape index (κ3) is 3.29. The molecule has 0 saturated heterocycles. The summed E-state index contributed by atoms with van der Waals surface area (Å²) in [6.45, 7) is 1.40. The van der Waals surface area contributed by atoms with Gasteiger partial charge in [0.05, 0.1) is 18.3 Å². The molecule has 28 heavy (non-hydrogen) atoms. The minimum Gasteiger partial charge on any atom is -0.467 e. The number of nitrogens with zero attached hydrogens (tertiary/aromatic N) is 2. The van der Waals surface area contributed by atoms with Crippen LogP contribution in [0.15, 0.2) is 65.3 Å². The van der Waals surface area contributed by atoms with E-state index in [2.05, 4.69) is 20.6 Å². The van der Waals surface area contributed by atoms with Crippen molar-refractivity contribution in [2.24, 2.45) is 0 Å². The van der Waals surface area contributed by atoms with Gasteiger partial charge in [-0.2, -0.15) is 4.98 Å². The van der Waals surface area contributed by atoms with E-state index in [-0.39, 0.29) is 6.79 Å². The predicted molar refractivity (Wildman–Crippen MR) is 105 cm³/mol. The van der Waals surface area contributed by atoms with Gasteiger partial charge in [-0.3, -0.25) is 0 Å². The summed E-state index contributed by atoms with van der Waals surface area (Å²) in [5, 5.41) is 7.60. The highest BCUT2D eigenvalue weighted by Crippen LogP contribution is 2.32. The lowest BCUT2D eigenvalue weighted by Gasteiger charge is -2.11. The molecule has 2 aromatic heterocycles. The number of furan rings is 1. The van der Waals surface area contributed by atoms with E-state index in [1.165, 1.54) is 0 Å². The number of fused-ring (bicyclic) bond motifs is 2. The molecule has 5 rings (SSSR count). The van der Waals surface area contributed by atoms with Gasteiger partial charge in [-0.25, -0.2) is 4.98 Å². The van der Waals surface area contributed by atoms with Crippen LogP contribution in [0.4, 0.5) is 11.8 Å². The van der Waals surface area contributed by atoms with Gasteiger partial charge in [0.25, 0.3) is 0 Å². The highest BCUT2D eigenvalue weighted by atomic mass is 16.7. The number of para-hydroxylation sites is 1. The Kier molecular flexibility index (Phi) is 4.17. The third-order valence-electron chi connectivity index (χ3n) is 4.50. The summed E-state index contributed by atoms with van der Waals surface area (Å²) in [4.78, 5) is 9.28. The van der Waals surface area contributed by atoms with Gasteiger partial charge in [-0.1, -0.05) is 18.2 Å². The summed E-state index contributed by atoms with van der Waals surface area (Å²) in [5.74, 6) is 3.70. The van der Waals surface area contributed by atoms with Crippen molar-refractivity contribution in [3.63, 3.8) is 0 Å². The van der Waals surface area contributed by atoms with E-state index in [0.29, 0.717) is 19.0 Å². The first-order valence-corrected chi connectivity index (χ1v) is 9.00. The van der Waals surface area contributed by atoms with E-state index in [1.807, 2.05) is 54.6 Å². The Hall–Kier alpha value is -3.74. The average Bonchev–Trinajstić information content (AvgIpc) is 3.41. The Balaban J connectivity index is 1.38. The molecule has 2 aromatic carbocycles. The largest absolute Gasteiger partial charge is 0.467 e. The highest BCUT2D eigenvalue weighted by molar-refractivity contribution is 5.90. The maximum Gasteiger partial charge on any atom is 0.231 e. The zero-order valence-corrected chi connectivity index (χ0v) is 15.0. The van der Waals surface area contributed by atoms with Gasteiger partial charge in [0.15, 0.2) is 11.5 Å². The van der Waals surface area contributed by atoms with Crippen molar-refractivity contribution in [3.8, 4) is 11.5 Å². The molecule has 0 amide bonds. The Morgan fingerprint density at radius 2 is 1.79 bits per heavy atom. The lowest BCUT2D eigenvalue weighted by Crippen LogP contribution is -2.08. The lowest BCUT2D eigenvalue weighted by atomic mass is 10.2. The summed E-state index contributed by atoms with van der Waals surface area (Å²) in [5.41, 5.74) is 1.93. The molecule has 0 bridgehead atoms. The number of ether oxygens (including phenoxy) is 2. The zero-order chi connectivity index (χ0) is 18.8. The second-order valence-corrected chi connectivity index (χ2v) is 6.39. The molecule has 1 aliphatic heterocycles. The van der Waals surface area contributed by atoms with Crippen LogP contribution in [0.5, 0.6) is 11.5 Å². The van der Waals surface area contributed by atoms with Crippen molar-refractivity contribution >= 4 is 22.7 Å². The van der Waals surface area contributed by atoms with E-state index < -0.39 is 0 Å². The predicted octanol–water partition coefficient (Wildman–Crippen LogP) is 4.18. The Morgan fingerprint density at radius 1 is 0.857 bits per heavy atom. The summed E-state index contributed by atoms with van der Waals surface area (Å²) in [6.07, 6.45) is 1.66. The summed E-state index contributed by atoms with van der Waals surface area (Å²) >= 11 is 0. The number of anilines is 2. The van der Waals surface area contributed by atoms with Gasteiger partial charge in [-0.15, -0.1) is 0 Å². The molecule has 0 unspecified atom stereocenters. The molecule has 0 atom stereocenters. The first-order valence-electron chi connectivity index (χ1n) is 9.00. The number of rotatable bonds is 6. The molecule has 2 N–H and O–H groups in total. The normalized spacial score (nSPS) is 12.3. The minimum absolute atomic E-state index is 0.269. The molecule has 4 aromatic rings. The number of aromatic nitrogens is 2. The number of hydrogen-bond acceptors (Lipinski definition) is 7. The van der Waals surface area contributed by atoms with Crippen molar-refractivity contribution in [2.45, 2.75) is 13.1 Å². The van der Waals surface area contributed by atoms with Gasteiger partial charge < -0.3 is 24.5 Å². The van der Waals surface area contributed by atoms with Gasteiger partial charge in [0.1, 0.15) is 11.6 Å². The molecule has 0 radical (unpaired) electrons. The molecule has 3 heterocycles. The lowest BCUT2D eigenvalue weighted by molar-refractivity contribution is 0.174. The fourth-order valence-corrected chi connectivity index (χ4v) is 3.11. The fraction of sp³-hybridized carbons (Fsp3) is 0.143. The van der Waals surface area contributed by atoms with Crippen molar-refractivity contribution < 1.29 is 13.9 Å². The van der Waals surface area contributed by atoms with Gasteiger partial charge in [0.2, 0.25) is 12.7 Å². The number of benzene rings is 2. The van der Waals surface area contributed by atoms with Crippen molar-refractivity contribution in [3.05, 3.63) is 72.2 Å². The molecular weight excluding hydrogens is 356 g/mol. The van der Waals surface area contributed by atoms with E-state index in [4.69, 9.17) is 13.9 Å². The van der Waals surface area contributed by atoms with Crippen LogP contribution in [-0.2, 0) is 13.1 Å². The monoisotopic (exact) mass is 374 g/mol. The molecule has 0 saturated carbocycles. The van der Waals surface area contributed by atoms with E-state index >= 15 is 0 Å². The van der Waals surface area contributed by atoms with Crippen molar-refractivity contribution in [1.29, 1.82) is 0 Å². The molecule has 1 aliphatic rings. The molecule has 0 spiro atoms. The number of nitrogens with one attached hydrogen (secondary N) is 2. The van der Waals surface area contributed by atoms with Crippen LogP contribution >= 0.6 is 0 Å². The topological polar surface area (TPSA) is 81.4 Å². The van der Waals surface area contributed by atoms with Crippen LogP contribution in [0.3, 0.4) is 0 Å². The average molecular weight is 374 g/mol. The SMILES string of the molecule is c1coc(CNc2nc(NCc3ccc4c(c3)OCO4)nc3ccccc23)c1. The standard InChI is InChI=1S/C21H18N4O3/c1-2-6-17-16(5-1)20(22-12-15-4-3-9-26-15)25-21(24-17)23-11-14-7-8-18-19(10-14)28-13-27-18/h1-10H,11-13H2,(H2,22,23,24,25). The first kappa shape index (κ1) is 16.4. The quantitative estimate of drug-likeness (QED) is 0.524. The van der Waals surface area contributed by atoms with Crippen molar-refractivity contribution in [2.75, 3.05) is 17.4 Å². The molecule has 0 fully saturated rings. The molecule has 7 nitrogen and oxygen atoms in total. The van der Waals surface area contributed by atoms with Crippen LogP contribution in [0, 0.1) is 0 Å². The number of hydrogen-bond donors (Lipinski definition) is 2. The van der Waals surface area contributed by atoms with Crippen LogP contribution in [0.2, 0.25) is 0 Å². The van der Waals surface area contributed by atoms with Crippen LogP contribution in [0.1, 0.15) is 11.3 Å².